The zero-order chi connectivity index (χ0) is 19.8. The molecule has 0 unspecified atom stereocenters. The van der Waals surface area contributed by atoms with Crippen molar-refractivity contribution >= 4 is 5.91 Å². The standard InChI is InChI=1S/C20H24N6O2/c1-13(2)26-12-21-22-19(26)18-15-11-25(10-9-16(15)24(3)23-18)20(27)14-7-5-6-8-17(14)28-4/h5-8,12-13H,9-11H2,1-4H3. The third-order valence-electron chi connectivity index (χ3n) is 5.21. The Kier molecular flexibility index (Phi) is 4.62. The highest BCUT2D eigenvalue weighted by atomic mass is 16.5. The van der Waals surface area contributed by atoms with Crippen molar-refractivity contribution in [1.29, 1.82) is 0 Å². The second-order valence-electron chi connectivity index (χ2n) is 7.23. The Morgan fingerprint density at radius 2 is 2.04 bits per heavy atom. The molecule has 3 aromatic rings. The third kappa shape index (κ3) is 2.94. The van der Waals surface area contributed by atoms with Crippen molar-refractivity contribution in [2.45, 2.75) is 32.9 Å². The molecule has 1 aliphatic heterocycles. The molecule has 8 nitrogen and oxygen atoms in total. The van der Waals surface area contributed by atoms with Gasteiger partial charge in [0.05, 0.1) is 19.2 Å². The van der Waals surface area contributed by atoms with Gasteiger partial charge in [0.15, 0.2) is 5.82 Å². The van der Waals surface area contributed by atoms with Crippen LogP contribution in [0.15, 0.2) is 30.6 Å². The highest BCUT2D eigenvalue weighted by molar-refractivity contribution is 5.97. The molecule has 0 spiro atoms. The zero-order valence-corrected chi connectivity index (χ0v) is 16.6. The van der Waals surface area contributed by atoms with E-state index in [1.165, 1.54) is 0 Å². The number of nitrogens with zero attached hydrogens (tertiary/aromatic N) is 6. The first-order valence-electron chi connectivity index (χ1n) is 9.38. The summed E-state index contributed by atoms with van der Waals surface area (Å²) in [7, 11) is 3.52. The SMILES string of the molecule is COc1ccccc1C(=O)N1CCc2c(c(-c3nncn3C(C)C)nn2C)C1. The monoisotopic (exact) mass is 380 g/mol. The molecule has 0 bridgehead atoms. The van der Waals surface area contributed by atoms with Gasteiger partial charge in [0.2, 0.25) is 0 Å². The van der Waals surface area contributed by atoms with Crippen molar-refractivity contribution in [2.24, 2.45) is 7.05 Å². The fourth-order valence-corrected chi connectivity index (χ4v) is 3.73. The van der Waals surface area contributed by atoms with Gasteiger partial charge in [-0.15, -0.1) is 10.2 Å². The smallest absolute Gasteiger partial charge is 0.257 e. The summed E-state index contributed by atoms with van der Waals surface area (Å²) in [5.41, 5.74) is 3.54. The van der Waals surface area contributed by atoms with Crippen molar-refractivity contribution in [3.63, 3.8) is 0 Å². The number of hydrogen-bond acceptors (Lipinski definition) is 5. The maximum absolute atomic E-state index is 13.2. The number of benzene rings is 1. The van der Waals surface area contributed by atoms with E-state index < -0.39 is 0 Å². The Morgan fingerprint density at radius 1 is 1.25 bits per heavy atom. The van der Waals surface area contributed by atoms with Crippen LogP contribution in [0.2, 0.25) is 0 Å². The maximum atomic E-state index is 13.2. The first-order chi connectivity index (χ1) is 13.5. The summed E-state index contributed by atoms with van der Waals surface area (Å²) in [6.45, 7) is 5.29. The van der Waals surface area contributed by atoms with Crippen molar-refractivity contribution in [3.8, 4) is 17.3 Å². The lowest BCUT2D eigenvalue weighted by Crippen LogP contribution is -2.36. The summed E-state index contributed by atoms with van der Waals surface area (Å²) in [5, 5.41) is 13.1. The summed E-state index contributed by atoms with van der Waals surface area (Å²) in [6.07, 6.45) is 2.47. The Hall–Kier alpha value is -3.16. The van der Waals surface area contributed by atoms with Gasteiger partial charge in [-0.05, 0) is 26.0 Å². The minimum absolute atomic E-state index is 0.0387. The van der Waals surface area contributed by atoms with Gasteiger partial charge in [-0.3, -0.25) is 9.48 Å². The van der Waals surface area contributed by atoms with Crippen LogP contribution < -0.4 is 4.74 Å². The predicted molar refractivity (Wildman–Crippen MR) is 104 cm³/mol. The fraction of sp³-hybridized carbons (Fsp3) is 0.400. The minimum atomic E-state index is -0.0387. The molecule has 0 aliphatic carbocycles. The number of ether oxygens (including phenoxy) is 1. The summed E-state index contributed by atoms with van der Waals surface area (Å²) in [4.78, 5) is 15.0. The van der Waals surface area contributed by atoms with Crippen LogP contribution in [0.1, 0.15) is 41.5 Å². The average molecular weight is 380 g/mol. The van der Waals surface area contributed by atoms with Crippen LogP contribution in [-0.4, -0.2) is 49.0 Å². The van der Waals surface area contributed by atoms with Gasteiger partial charge in [0.25, 0.3) is 5.91 Å². The van der Waals surface area contributed by atoms with Crippen LogP contribution in [0, 0.1) is 0 Å². The number of para-hydroxylation sites is 1. The van der Waals surface area contributed by atoms with Crippen LogP contribution in [0.3, 0.4) is 0 Å². The molecule has 8 heteroatoms. The number of fused-ring (bicyclic) bond motifs is 1. The number of hydrogen-bond donors (Lipinski definition) is 0. The van der Waals surface area contributed by atoms with E-state index >= 15 is 0 Å². The Bertz CT molecular complexity index is 1020. The summed E-state index contributed by atoms with van der Waals surface area (Å²) < 4.78 is 9.27. The van der Waals surface area contributed by atoms with Crippen LogP contribution in [0.25, 0.3) is 11.5 Å². The van der Waals surface area contributed by atoms with Crippen molar-refractivity contribution in [3.05, 3.63) is 47.4 Å². The van der Waals surface area contributed by atoms with Gasteiger partial charge in [-0.25, -0.2) is 0 Å². The lowest BCUT2D eigenvalue weighted by atomic mass is 10.0. The van der Waals surface area contributed by atoms with Crippen LogP contribution in [0.5, 0.6) is 5.75 Å². The molecule has 0 radical (unpaired) electrons. The molecule has 146 valence electrons. The number of methoxy groups -OCH3 is 1. The maximum Gasteiger partial charge on any atom is 0.257 e. The highest BCUT2D eigenvalue weighted by Crippen LogP contribution is 2.31. The van der Waals surface area contributed by atoms with Gasteiger partial charge in [0.1, 0.15) is 17.8 Å². The quantitative estimate of drug-likeness (QED) is 0.695. The first kappa shape index (κ1) is 18.2. The van der Waals surface area contributed by atoms with Gasteiger partial charge in [-0.1, -0.05) is 12.1 Å². The van der Waals surface area contributed by atoms with E-state index in [-0.39, 0.29) is 11.9 Å². The van der Waals surface area contributed by atoms with Crippen molar-refractivity contribution in [2.75, 3.05) is 13.7 Å². The van der Waals surface area contributed by atoms with E-state index in [2.05, 4.69) is 24.0 Å². The zero-order valence-electron chi connectivity index (χ0n) is 16.6. The molecule has 1 amide bonds. The molecule has 2 aromatic heterocycles. The van der Waals surface area contributed by atoms with Gasteiger partial charge in [-0.2, -0.15) is 5.10 Å². The lowest BCUT2D eigenvalue weighted by molar-refractivity contribution is 0.0730. The molecule has 0 fully saturated rings. The number of amides is 1. The largest absolute Gasteiger partial charge is 0.496 e. The van der Waals surface area contributed by atoms with Crippen molar-refractivity contribution < 1.29 is 9.53 Å². The molecular formula is C20H24N6O2. The summed E-state index contributed by atoms with van der Waals surface area (Å²) >= 11 is 0. The molecule has 1 aromatic carbocycles. The van der Waals surface area contributed by atoms with Crippen LogP contribution in [0.4, 0.5) is 0 Å². The number of rotatable bonds is 4. The van der Waals surface area contributed by atoms with Gasteiger partial charge >= 0.3 is 0 Å². The molecule has 0 saturated carbocycles. The predicted octanol–water partition coefficient (Wildman–Crippen LogP) is 2.47. The number of aromatic nitrogens is 5. The molecular weight excluding hydrogens is 356 g/mol. The molecule has 4 rings (SSSR count). The van der Waals surface area contributed by atoms with E-state index in [4.69, 9.17) is 9.84 Å². The normalized spacial score (nSPS) is 13.7. The van der Waals surface area contributed by atoms with E-state index in [9.17, 15) is 4.79 Å². The third-order valence-corrected chi connectivity index (χ3v) is 5.21. The minimum Gasteiger partial charge on any atom is -0.496 e. The van der Waals surface area contributed by atoms with Gasteiger partial charge in [0, 0.05) is 37.3 Å². The summed E-state index contributed by atoms with van der Waals surface area (Å²) in [6, 6.07) is 7.55. The second-order valence-corrected chi connectivity index (χ2v) is 7.23. The lowest BCUT2D eigenvalue weighted by Gasteiger charge is -2.28. The molecule has 0 atom stereocenters. The molecule has 3 heterocycles. The molecule has 1 aliphatic rings. The molecule has 0 N–H and O–H groups in total. The van der Waals surface area contributed by atoms with Crippen LogP contribution >= 0.6 is 0 Å². The Balaban J connectivity index is 1.71. The van der Waals surface area contributed by atoms with E-state index in [0.29, 0.717) is 24.4 Å². The van der Waals surface area contributed by atoms with Crippen LogP contribution in [-0.2, 0) is 20.0 Å². The van der Waals surface area contributed by atoms with E-state index in [0.717, 1.165) is 29.2 Å². The van der Waals surface area contributed by atoms with E-state index in [1.807, 2.05) is 39.4 Å². The van der Waals surface area contributed by atoms with Gasteiger partial charge < -0.3 is 14.2 Å². The second kappa shape index (κ2) is 7.10. The number of carbonyl (C=O) groups excluding carboxylic acids is 1. The fourth-order valence-electron chi connectivity index (χ4n) is 3.73. The van der Waals surface area contributed by atoms with Crippen molar-refractivity contribution in [1.82, 2.24) is 29.4 Å². The first-order valence-corrected chi connectivity index (χ1v) is 9.38. The Labute approximate surface area is 163 Å². The number of aryl methyl sites for hydroxylation is 1. The Morgan fingerprint density at radius 3 is 2.79 bits per heavy atom. The summed E-state index contributed by atoms with van der Waals surface area (Å²) in [5.74, 6) is 1.28. The molecule has 0 saturated heterocycles. The van der Waals surface area contributed by atoms with E-state index in [1.54, 1.807) is 19.5 Å². The topological polar surface area (TPSA) is 78.1 Å². The number of carbonyl (C=O) groups is 1. The highest BCUT2D eigenvalue weighted by Gasteiger charge is 2.30. The molecule has 28 heavy (non-hydrogen) atoms. The average Bonchev–Trinajstić information content (AvgIpc) is 3.32.